The van der Waals surface area contributed by atoms with Gasteiger partial charge in [-0.05, 0) is 40.8 Å². The Hall–Kier alpha value is -3.26. The zero-order chi connectivity index (χ0) is 21.0. The molecule has 3 aromatic carbocycles. The van der Waals surface area contributed by atoms with Crippen LogP contribution in [0.25, 0.3) is 33.5 Å². The van der Waals surface area contributed by atoms with Crippen LogP contribution in [0, 0.1) is 12.7 Å². The molecule has 0 unspecified atom stereocenters. The minimum absolute atomic E-state index is 0.110. The lowest BCUT2D eigenvalue weighted by atomic mass is 9.77. The third-order valence-corrected chi connectivity index (χ3v) is 6.49. The van der Waals surface area contributed by atoms with Crippen LogP contribution in [-0.2, 0) is 12.5 Å². The van der Waals surface area contributed by atoms with Crippen molar-refractivity contribution in [3.05, 3.63) is 102 Å². The number of pyridine rings is 1. The van der Waals surface area contributed by atoms with Crippen LogP contribution in [0.4, 0.5) is 4.39 Å². The summed E-state index contributed by atoms with van der Waals surface area (Å²) < 4.78 is 18.2. The van der Waals surface area contributed by atoms with Crippen LogP contribution in [0.2, 0.25) is 0 Å². The Morgan fingerprint density at radius 3 is 2.10 bits per heavy atom. The van der Waals surface area contributed by atoms with E-state index in [-0.39, 0.29) is 5.82 Å². The number of benzene rings is 3. The van der Waals surface area contributed by atoms with E-state index < -0.39 is 5.41 Å². The van der Waals surface area contributed by atoms with Crippen molar-refractivity contribution in [2.75, 3.05) is 0 Å². The van der Waals surface area contributed by atoms with Crippen molar-refractivity contribution in [1.82, 2.24) is 0 Å². The molecule has 1 nitrogen and oxygen atoms in total. The number of nitrogens with zero attached hydrogens (tertiary/aromatic N) is 1. The molecule has 1 aromatic heterocycles. The number of aryl methyl sites for hydroxylation is 2. The van der Waals surface area contributed by atoms with Crippen molar-refractivity contribution in [2.24, 2.45) is 7.05 Å². The van der Waals surface area contributed by atoms with Crippen LogP contribution in [0.5, 0.6) is 0 Å². The highest BCUT2D eigenvalue weighted by molar-refractivity contribution is 5.90. The second-order valence-electron chi connectivity index (χ2n) is 8.72. The quantitative estimate of drug-likeness (QED) is 0.337. The van der Waals surface area contributed by atoms with Crippen molar-refractivity contribution in [3.8, 4) is 33.5 Å². The monoisotopic (exact) mass is 394 g/mol. The SMILES string of the molecule is Cc1ccc2c(c1-c1cccc[n+]1C)C(C)(C)c1c-2ccc(-c2ccccc2)c1F. The predicted octanol–water partition coefficient (Wildman–Crippen LogP) is 6.60. The van der Waals surface area contributed by atoms with Crippen molar-refractivity contribution < 1.29 is 8.96 Å². The van der Waals surface area contributed by atoms with Crippen molar-refractivity contribution in [2.45, 2.75) is 26.2 Å². The first-order chi connectivity index (χ1) is 14.4. The Bertz CT molecular complexity index is 1290. The summed E-state index contributed by atoms with van der Waals surface area (Å²) in [6.45, 7) is 6.45. The number of hydrogen-bond donors (Lipinski definition) is 0. The third-order valence-electron chi connectivity index (χ3n) is 6.49. The summed E-state index contributed by atoms with van der Waals surface area (Å²) >= 11 is 0. The average molecular weight is 395 g/mol. The summed E-state index contributed by atoms with van der Waals surface area (Å²) in [7, 11) is 2.07. The second-order valence-corrected chi connectivity index (χ2v) is 8.72. The van der Waals surface area contributed by atoms with Gasteiger partial charge in [0, 0.05) is 28.7 Å². The Morgan fingerprint density at radius 1 is 0.733 bits per heavy atom. The number of fused-ring (bicyclic) bond motifs is 3. The lowest BCUT2D eigenvalue weighted by Crippen LogP contribution is -2.31. The molecule has 0 spiro atoms. The maximum absolute atomic E-state index is 16.0. The summed E-state index contributed by atoms with van der Waals surface area (Å²) in [5.74, 6) is -0.110. The number of rotatable bonds is 2. The fourth-order valence-electron chi connectivity index (χ4n) is 5.07. The molecule has 0 atom stereocenters. The summed E-state index contributed by atoms with van der Waals surface area (Å²) in [4.78, 5) is 0. The number of hydrogen-bond acceptors (Lipinski definition) is 0. The van der Waals surface area contributed by atoms with Crippen LogP contribution >= 0.6 is 0 Å². The minimum Gasteiger partial charge on any atom is -0.206 e. The van der Waals surface area contributed by atoms with E-state index in [1.807, 2.05) is 42.5 Å². The first-order valence-electron chi connectivity index (χ1n) is 10.4. The van der Waals surface area contributed by atoms with Gasteiger partial charge in [0.25, 0.3) is 0 Å². The summed E-state index contributed by atoms with van der Waals surface area (Å²) in [6.07, 6.45) is 2.07. The molecule has 0 amide bonds. The topological polar surface area (TPSA) is 3.88 Å². The maximum atomic E-state index is 16.0. The van der Waals surface area contributed by atoms with E-state index in [2.05, 4.69) is 68.9 Å². The molecule has 148 valence electrons. The number of aromatic nitrogens is 1. The maximum Gasteiger partial charge on any atom is 0.212 e. The Balaban J connectivity index is 1.81. The van der Waals surface area contributed by atoms with E-state index in [0.29, 0.717) is 5.56 Å². The molecule has 0 fully saturated rings. The standard InChI is InChI=1S/C28H25FN/c1-18-13-14-21-22-16-15-20(19-10-6-5-7-11-19)27(29)26(22)28(2,3)25(21)24(18)23-12-8-9-17-30(23)4/h5-17H,1-4H3/q+1. The molecule has 0 saturated carbocycles. The van der Waals surface area contributed by atoms with Crippen LogP contribution in [0.3, 0.4) is 0 Å². The zero-order valence-corrected chi connectivity index (χ0v) is 17.8. The van der Waals surface area contributed by atoms with Crippen LogP contribution in [0.1, 0.15) is 30.5 Å². The van der Waals surface area contributed by atoms with Gasteiger partial charge in [0.1, 0.15) is 12.9 Å². The Morgan fingerprint density at radius 2 is 1.37 bits per heavy atom. The molecular weight excluding hydrogens is 369 g/mol. The van der Waals surface area contributed by atoms with E-state index in [1.54, 1.807) is 0 Å². The molecule has 1 aliphatic carbocycles. The van der Waals surface area contributed by atoms with E-state index >= 15 is 4.39 Å². The fraction of sp³-hybridized carbons (Fsp3) is 0.179. The summed E-state index contributed by atoms with van der Waals surface area (Å²) in [5.41, 5.74) is 8.85. The molecule has 0 saturated heterocycles. The predicted molar refractivity (Wildman–Crippen MR) is 121 cm³/mol. The smallest absolute Gasteiger partial charge is 0.206 e. The van der Waals surface area contributed by atoms with Gasteiger partial charge < -0.3 is 0 Å². The number of halogens is 1. The highest BCUT2D eigenvalue weighted by atomic mass is 19.1. The normalized spacial score (nSPS) is 13.8. The van der Waals surface area contributed by atoms with Gasteiger partial charge in [-0.15, -0.1) is 0 Å². The zero-order valence-electron chi connectivity index (χ0n) is 17.8. The van der Waals surface area contributed by atoms with Gasteiger partial charge in [-0.3, -0.25) is 0 Å². The Labute approximate surface area is 177 Å². The van der Waals surface area contributed by atoms with Crippen LogP contribution in [-0.4, -0.2) is 0 Å². The lowest BCUT2D eigenvalue weighted by molar-refractivity contribution is -0.660. The van der Waals surface area contributed by atoms with E-state index in [4.69, 9.17) is 0 Å². The summed E-state index contributed by atoms with van der Waals surface area (Å²) in [5, 5.41) is 0. The van der Waals surface area contributed by atoms with Gasteiger partial charge in [-0.25, -0.2) is 8.96 Å². The molecule has 2 heteroatoms. The molecule has 1 aliphatic rings. The van der Waals surface area contributed by atoms with E-state index in [0.717, 1.165) is 27.9 Å². The van der Waals surface area contributed by atoms with Gasteiger partial charge in [0.2, 0.25) is 5.69 Å². The summed E-state index contributed by atoms with van der Waals surface area (Å²) in [6, 6.07) is 24.4. The average Bonchev–Trinajstić information content (AvgIpc) is 2.97. The van der Waals surface area contributed by atoms with Crippen molar-refractivity contribution in [3.63, 3.8) is 0 Å². The first-order valence-corrected chi connectivity index (χ1v) is 10.4. The van der Waals surface area contributed by atoms with Crippen molar-refractivity contribution >= 4 is 0 Å². The molecule has 30 heavy (non-hydrogen) atoms. The van der Waals surface area contributed by atoms with E-state index in [1.165, 1.54) is 16.7 Å². The molecule has 1 heterocycles. The first kappa shape index (κ1) is 18.7. The van der Waals surface area contributed by atoms with Gasteiger partial charge in [0.05, 0.1) is 5.56 Å². The fourth-order valence-corrected chi connectivity index (χ4v) is 5.07. The van der Waals surface area contributed by atoms with Gasteiger partial charge in [-0.1, -0.05) is 68.4 Å². The lowest BCUT2D eigenvalue weighted by Gasteiger charge is -2.25. The molecule has 0 radical (unpaired) electrons. The largest absolute Gasteiger partial charge is 0.212 e. The van der Waals surface area contributed by atoms with E-state index in [9.17, 15) is 0 Å². The van der Waals surface area contributed by atoms with Crippen LogP contribution in [0.15, 0.2) is 79.0 Å². The van der Waals surface area contributed by atoms with Crippen molar-refractivity contribution in [1.29, 1.82) is 0 Å². The minimum atomic E-state index is -0.441. The highest BCUT2D eigenvalue weighted by Gasteiger charge is 2.42. The highest BCUT2D eigenvalue weighted by Crippen LogP contribution is 2.54. The molecule has 5 rings (SSSR count). The molecule has 0 N–H and O–H groups in total. The molecule has 0 bridgehead atoms. The molecule has 0 aliphatic heterocycles. The van der Waals surface area contributed by atoms with Gasteiger partial charge >= 0.3 is 0 Å². The molecular formula is C28H25FN+. The second kappa shape index (κ2) is 6.63. The molecule has 4 aromatic rings. The van der Waals surface area contributed by atoms with Gasteiger partial charge in [0.15, 0.2) is 6.20 Å². The van der Waals surface area contributed by atoms with Gasteiger partial charge in [-0.2, -0.15) is 0 Å². The third kappa shape index (κ3) is 2.56. The van der Waals surface area contributed by atoms with Crippen LogP contribution < -0.4 is 4.57 Å². The Kier molecular flexibility index (Phi) is 4.14.